The number of fused-ring (bicyclic) bond motifs is 1. The number of nitro groups is 1. The Kier molecular flexibility index (Phi) is 6.16. The molecule has 1 N–H and O–H groups in total. The van der Waals surface area contributed by atoms with Crippen molar-refractivity contribution in [2.24, 2.45) is 0 Å². The number of amides is 1. The number of hydrogen-bond acceptors (Lipinski definition) is 5. The van der Waals surface area contributed by atoms with Gasteiger partial charge in [0.25, 0.3) is 11.6 Å². The smallest absolute Gasteiger partial charge is 0.331 e. The monoisotopic (exact) mass is 380 g/mol. The fourth-order valence-corrected chi connectivity index (χ4v) is 3.23. The molecule has 0 radical (unpaired) electrons. The normalized spacial score (nSPS) is 15.6. The standard InChI is InChI=1S/C21H20N2O5/c24-20(22-19-10-4-7-16-6-1-2-9-18(16)19)14-28-21(25)12-11-15-5-3-8-17(13-15)23(26)27/h1-3,5-6,8-9,11-13,19H,4,7,10,14H2,(H,22,24)/b12-11+/t19-/m1/s1. The molecule has 2 aromatic rings. The van der Waals surface area contributed by atoms with Gasteiger partial charge in [-0.2, -0.15) is 0 Å². The Hall–Kier alpha value is -3.48. The fraction of sp³-hybridized carbons (Fsp3) is 0.238. The van der Waals surface area contributed by atoms with Gasteiger partial charge >= 0.3 is 5.97 Å². The van der Waals surface area contributed by atoms with Crippen molar-refractivity contribution in [3.05, 3.63) is 81.4 Å². The fourth-order valence-electron chi connectivity index (χ4n) is 3.23. The molecule has 3 rings (SSSR count). The number of nitro benzene ring substituents is 1. The van der Waals surface area contributed by atoms with E-state index in [9.17, 15) is 19.7 Å². The zero-order chi connectivity index (χ0) is 19.9. The van der Waals surface area contributed by atoms with Gasteiger partial charge in [0.2, 0.25) is 0 Å². The van der Waals surface area contributed by atoms with Crippen LogP contribution < -0.4 is 5.32 Å². The first-order valence-electron chi connectivity index (χ1n) is 8.99. The molecule has 2 aromatic carbocycles. The van der Waals surface area contributed by atoms with Crippen molar-refractivity contribution in [1.29, 1.82) is 0 Å². The molecule has 0 aromatic heterocycles. The second-order valence-corrected chi connectivity index (χ2v) is 6.50. The summed E-state index contributed by atoms with van der Waals surface area (Å²) in [5.41, 5.74) is 2.77. The molecule has 0 heterocycles. The second-order valence-electron chi connectivity index (χ2n) is 6.50. The first-order valence-corrected chi connectivity index (χ1v) is 8.99. The lowest BCUT2D eigenvalue weighted by atomic mass is 9.88. The van der Waals surface area contributed by atoms with E-state index in [2.05, 4.69) is 11.4 Å². The van der Waals surface area contributed by atoms with Crippen molar-refractivity contribution in [1.82, 2.24) is 5.32 Å². The Morgan fingerprint density at radius 3 is 2.86 bits per heavy atom. The van der Waals surface area contributed by atoms with E-state index in [4.69, 9.17) is 4.74 Å². The van der Waals surface area contributed by atoms with Gasteiger partial charge in [0, 0.05) is 18.2 Å². The lowest BCUT2D eigenvalue weighted by Gasteiger charge is -2.26. The van der Waals surface area contributed by atoms with Gasteiger partial charge in [-0.05, 0) is 42.0 Å². The number of nitrogens with one attached hydrogen (secondary N) is 1. The van der Waals surface area contributed by atoms with Crippen LogP contribution in [-0.2, 0) is 20.7 Å². The van der Waals surface area contributed by atoms with Crippen molar-refractivity contribution >= 4 is 23.6 Å². The van der Waals surface area contributed by atoms with Crippen LogP contribution in [0.25, 0.3) is 6.08 Å². The van der Waals surface area contributed by atoms with E-state index >= 15 is 0 Å². The zero-order valence-corrected chi connectivity index (χ0v) is 15.2. The number of benzene rings is 2. The second kappa shape index (κ2) is 8.94. The van der Waals surface area contributed by atoms with Crippen molar-refractivity contribution < 1.29 is 19.2 Å². The molecule has 0 spiro atoms. The first-order chi connectivity index (χ1) is 13.5. The Morgan fingerprint density at radius 1 is 1.21 bits per heavy atom. The molecule has 0 bridgehead atoms. The van der Waals surface area contributed by atoms with Gasteiger partial charge in [-0.15, -0.1) is 0 Å². The molecule has 1 aliphatic rings. The van der Waals surface area contributed by atoms with Crippen LogP contribution in [0.2, 0.25) is 0 Å². The summed E-state index contributed by atoms with van der Waals surface area (Å²) in [7, 11) is 0. The van der Waals surface area contributed by atoms with E-state index in [1.54, 1.807) is 6.07 Å². The minimum atomic E-state index is -0.689. The third kappa shape index (κ3) is 5.03. The highest BCUT2D eigenvalue weighted by molar-refractivity contribution is 5.89. The molecule has 1 atom stereocenters. The summed E-state index contributed by atoms with van der Waals surface area (Å²) in [6.45, 7) is -0.378. The number of aryl methyl sites for hydroxylation is 1. The maximum absolute atomic E-state index is 12.1. The summed E-state index contributed by atoms with van der Waals surface area (Å²) < 4.78 is 4.96. The summed E-state index contributed by atoms with van der Waals surface area (Å²) in [5, 5.41) is 13.7. The highest BCUT2D eigenvalue weighted by Gasteiger charge is 2.21. The van der Waals surface area contributed by atoms with Crippen LogP contribution in [0.15, 0.2) is 54.6 Å². The van der Waals surface area contributed by atoms with Gasteiger partial charge in [-0.1, -0.05) is 36.4 Å². The van der Waals surface area contributed by atoms with Gasteiger partial charge in [0.05, 0.1) is 11.0 Å². The molecule has 0 fully saturated rings. The van der Waals surface area contributed by atoms with Gasteiger partial charge in [0.15, 0.2) is 6.61 Å². The summed E-state index contributed by atoms with van der Waals surface area (Å²) in [5.74, 6) is -1.05. The minimum absolute atomic E-state index is 0.0670. The van der Waals surface area contributed by atoms with Crippen molar-refractivity contribution in [2.75, 3.05) is 6.61 Å². The number of esters is 1. The summed E-state index contributed by atoms with van der Waals surface area (Å²) in [6, 6.07) is 13.8. The Bertz CT molecular complexity index is 923. The van der Waals surface area contributed by atoms with Gasteiger partial charge < -0.3 is 10.1 Å². The average molecular weight is 380 g/mol. The lowest BCUT2D eigenvalue weighted by molar-refractivity contribution is -0.384. The van der Waals surface area contributed by atoms with E-state index in [1.165, 1.54) is 29.8 Å². The van der Waals surface area contributed by atoms with Crippen LogP contribution in [0, 0.1) is 10.1 Å². The average Bonchev–Trinajstić information content (AvgIpc) is 2.71. The number of carbonyl (C=O) groups is 2. The SMILES string of the molecule is O=C(COC(=O)/C=C/c1cccc([N+](=O)[O-])c1)N[C@@H]1CCCc2ccccc21. The van der Waals surface area contributed by atoms with E-state index < -0.39 is 10.9 Å². The van der Waals surface area contributed by atoms with E-state index in [-0.39, 0.29) is 24.2 Å². The maximum atomic E-state index is 12.1. The van der Waals surface area contributed by atoms with Gasteiger partial charge in [-0.3, -0.25) is 14.9 Å². The zero-order valence-electron chi connectivity index (χ0n) is 15.2. The van der Waals surface area contributed by atoms with Crippen LogP contribution >= 0.6 is 0 Å². The van der Waals surface area contributed by atoms with Gasteiger partial charge in [0.1, 0.15) is 0 Å². The molecule has 0 aliphatic heterocycles. The van der Waals surface area contributed by atoms with Gasteiger partial charge in [-0.25, -0.2) is 4.79 Å². The van der Waals surface area contributed by atoms with Crippen molar-refractivity contribution in [3.8, 4) is 0 Å². The number of ether oxygens (including phenoxy) is 1. The number of rotatable bonds is 6. The molecule has 144 valence electrons. The highest BCUT2D eigenvalue weighted by atomic mass is 16.6. The molecule has 0 saturated carbocycles. The summed E-state index contributed by atoms with van der Waals surface area (Å²) in [4.78, 5) is 34.2. The molecule has 1 amide bonds. The van der Waals surface area contributed by atoms with E-state index in [1.807, 2.05) is 18.2 Å². The molecule has 7 heteroatoms. The third-order valence-corrected chi connectivity index (χ3v) is 4.54. The molecule has 0 unspecified atom stereocenters. The summed E-state index contributed by atoms with van der Waals surface area (Å²) in [6.07, 6.45) is 5.39. The van der Waals surface area contributed by atoms with Crippen molar-refractivity contribution in [2.45, 2.75) is 25.3 Å². The lowest BCUT2D eigenvalue weighted by Crippen LogP contribution is -2.34. The number of hydrogen-bond donors (Lipinski definition) is 1. The Labute approximate surface area is 162 Å². The van der Waals surface area contributed by atoms with Crippen LogP contribution in [-0.4, -0.2) is 23.4 Å². The van der Waals surface area contributed by atoms with Crippen LogP contribution in [0.4, 0.5) is 5.69 Å². The number of carbonyl (C=O) groups excluding carboxylic acids is 2. The maximum Gasteiger partial charge on any atom is 0.331 e. The predicted octanol–water partition coefficient (Wildman–Crippen LogP) is 3.35. The number of non-ortho nitro benzene ring substituents is 1. The van der Waals surface area contributed by atoms with Crippen LogP contribution in [0.5, 0.6) is 0 Å². The quantitative estimate of drug-likeness (QED) is 0.359. The van der Waals surface area contributed by atoms with Crippen LogP contribution in [0.3, 0.4) is 0 Å². The first kappa shape index (κ1) is 19.3. The Balaban J connectivity index is 1.50. The number of nitrogens with zero attached hydrogens (tertiary/aromatic N) is 1. The topological polar surface area (TPSA) is 98.5 Å². The third-order valence-electron chi connectivity index (χ3n) is 4.54. The van der Waals surface area contributed by atoms with E-state index in [0.29, 0.717) is 5.56 Å². The molecule has 0 saturated heterocycles. The molecular weight excluding hydrogens is 360 g/mol. The molecule has 28 heavy (non-hydrogen) atoms. The van der Waals surface area contributed by atoms with E-state index in [0.717, 1.165) is 30.9 Å². The summed E-state index contributed by atoms with van der Waals surface area (Å²) >= 11 is 0. The Morgan fingerprint density at radius 2 is 2.04 bits per heavy atom. The highest BCUT2D eigenvalue weighted by Crippen LogP contribution is 2.29. The van der Waals surface area contributed by atoms with Crippen molar-refractivity contribution in [3.63, 3.8) is 0 Å². The molecule has 7 nitrogen and oxygen atoms in total. The van der Waals surface area contributed by atoms with Crippen LogP contribution in [0.1, 0.15) is 35.6 Å². The molecular formula is C21H20N2O5. The largest absolute Gasteiger partial charge is 0.452 e. The molecule has 1 aliphatic carbocycles. The minimum Gasteiger partial charge on any atom is -0.452 e. The predicted molar refractivity (Wildman–Crippen MR) is 103 cm³/mol.